The number of nitrogens with two attached hydrogens (primary N) is 1. The summed E-state index contributed by atoms with van der Waals surface area (Å²) in [6.45, 7) is 6.69. The molecule has 0 fully saturated rings. The third-order valence-electron chi connectivity index (χ3n) is 3.16. The molecule has 0 saturated carbocycles. The summed E-state index contributed by atoms with van der Waals surface area (Å²) >= 11 is 0. The van der Waals surface area contributed by atoms with E-state index in [9.17, 15) is 0 Å². The zero-order valence-electron chi connectivity index (χ0n) is 10.9. The summed E-state index contributed by atoms with van der Waals surface area (Å²) in [4.78, 5) is 0. The zero-order chi connectivity index (χ0) is 12.0. The van der Waals surface area contributed by atoms with Gasteiger partial charge in [0.1, 0.15) is 0 Å². The average molecular weight is 219 g/mol. The van der Waals surface area contributed by atoms with Gasteiger partial charge in [-0.05, 0) is 49.7 Å². The first kappa shape index (κ1) is 13.2. The van der Waals surface area contributed by atoms with Crippen LogP contribution in [0.15, 0.2) is 24.3 Å². The van der Waals surface area contributed by atoms with Gasteiger partial charge in [0.25, 0.3) is 0 Å². The number of hydrogen-bond donors (Lipinski definition) is 1. The Balaban J connectivity index is 2.31. The van der Waals surface area contributed by atoms with Crippen LogP contribution < -0.4 is 5.73 Å². The maximum absolute atomic E-state index is 6.12. The minimum absolute atomic E-state index is 0.363. The molecule has 1 unspecified atom stereocenters. The highest BCUT2D eigenvalue weighted by molar-refractivity contribution is 5.25. The summed E-state index contributed by atoms with van der Waals surface area (Å²) in [6, 6.07) is 8.96. The van der Waals surface area contributed by atoms with Crippen molar-refractivity contribution < 1.29 is 0 Å². The maximum Gasteiger partial charge on any atom is 0.00420 e. The van der Waals surface area contributed by atoms with Gasteiger partial charge in [0.05, 0.1) is 0 Å². The van der Waals surface area contributed by atoms with Gasteiger partial charge >= 0.3 is 0 Å². The fraction of sp³-hybridized carbons (Fsp3) is 0.600. The lowest BCUT2D eigenvalue weighted by atomic mass is 9.97. The maximum atomic E-state index is 6.12. The molecule has 1 nitrogen and oxygen atoms in total. The van der Waals surface area contributed by atoms with Crippen LogP contribution in [0.25, 0.3) is 0 Å². The first-order valence-electron chi connectivity index (χ1n) is 6.39. The van der Waals surface area contributed by atoms with Crippen molar-refractivity contribution in [3.63, 3.8) is 0 Å². The number of hydrogen-bond acceptors (Lipinski definition) is 1. The molecular weight excluding hydrogens is 194 g/mol. The van der Waals surface area contributed by atoms with E-state index >= 15 is 0 Å². The Morgan fingerprint density at radius 3 is 2.38 bits per heavy atom. The smallest absolute Gasteiger partial charge is 0.00420 e. The molecule has 1 aromatic rings. The Morgan fingerprint density at radius 1 is 1.06 bits per heavy atom. The molecule has 0 aliphatic heterocycles. The second-order valence-corrected chi connectivity index (χ2v) is 5.20. The van der Waals surface area contributed by atoms with E-state index in [0.29, 0.717) is 6.04 Å². The van der Waals surface area contributed by atoms with Gasteiger partial charge < -0.3 is 5.73 Å². The van der Waals surface area contributed by atoms with Crippen molar-refractivity contribution in [2.24, 2.45) is 11.7 Å². The highest BCUT2D eigenvalue weighted by Crippen LogP contribution is 2.13. The molecule has 1 heteroatoms. The molecule has 0 bridgehead atoms. The van der Waals surface area contributed by atoms with Crippen LogP contribution in [-0.2, 0) is 6.42 Å². The number of rotatable bonds is 6. The van der Waals surface area contributed by atoms with Gasteiger partial charge in [-0.3, -0.25) is 0 Å². The van der Waals surface area contributed by atoms with E-state index in [4.69, 9.17) is 5.73 Å². The third-order valence-corrected chi connectivity index (χ3v) is 3.16. The van der Waals surface area contributed by atoms with Crippen LogP contribution in [0.2, 0.25) is 0 Å². The second-order valence-electron chi connectivity index (χ2n) is 5.20. The van der Waals surface area contributed by atoms with Crippen molar-refractivity contribution in [1.82, 2.24) is 0 Å². The molecule has 0 heterocycles. The monoisotopic (exact) mass is 219 g/mol. The zero-order valence-corrected chi connectivity index (χ0v) is 10.9. The van der Waals surface area contributed by atoms with E-state index in [0.717, 1.165) is 25.2 Å². The molecular formula is C15H25N. The molecule has 0 spiro atoms. The Morgan fingerprint density at radius 2 is 1.75 bits per heavy atom. The Labute approximate surface area is 100 Å². The Bertz CT molecular complexity index is 304. The number of aryl methyl sites for hydroxylation is 2. The van der Waals surface area contributed by atoms with Crippen LogP contribution in [0.4, 0.5) is 0 Å². The molecule has 1 atom stereocenters. The summed E-state index contributed by atoms with van der Waals surface area (Å²) < 4.78 is 0. The summed E-state index contributed by atoms with van der Waals surface area (Å²) in [5.41, 5.74) is 8.95. The molecule has 90 valence electrons. The molecule has 2 N–H and O–H groups in total. The summed E-state index contributed by atoms with van der Waals surface area (Å²) in [5.74, 6) is 0.768. The molecule has 0 amide bonds. The SMILES string of the molecule is Cc1ccccc1CCC(N)CCC(C)C. The summed E-state index contributed by atoms with van der Waals surface area (Å²) in [6.07, 6.45) is 4.63. The molecule has 0 aliphatic carbocycles. The normalized spacial score (nSPS) is 13.1. The topological polar surface area (TPSA) is 26.0 Å². The minimum Gasteiger partial charge on any atom is -0.328 e. The highest BCUT2D eigenvalue weighted by Gasteiger charge is 2.05. The Kier molecular flexibility index (Phi) is 5.54. The second kappa shape index (κ2) is 6.70. The highest BCUT2D eigenvalue weighted by atomic mass is 14.6. The van der Waals surface area contributed by atoms with Crippen LogP contribution in [0, 0.1) is 12.8 Å². The van der Waals surface area contributed by atoms with Gasteiger partial charge in [0.2, 0.25) is 0 Å². The van der Waals surface area contributed by atoms with Crippen LogP contribution in [0.5, 0.6) is 0 Å². The average Bonchev–Trinajstić information content (AvgIpc) is 2.25. The van der Waals surface area contributed by atoms with E-state index < -0.39 is 0 Å². The lowest BCUT2D eigenvalue weighted by Crippen LogP contribution is -2.21. The van der Waals surface area contributed by atoms with E-state index in [-0.39, 0.29) is 0 Å². The molecule has 1 rings (SSSR count). The summed E-state index contributed by atoms with van der Waals surface area (Å²) in [5, 5.41) is 0. The van der Waals surface area contributed by atoms with E-state index in [1.165, 1.54) is 17.5 Å². The van der Waals surface area contributed by atoms with Crippen molar-refractivity contribution >= 4 is 0 Å². The van der Waals surface area contributed by atoms with Crippen LogP contribution >= 0.6 is 0 Å². The summed E-state index contributed by atoms with van der Waals surface area (Å²) in [7, 11) is 0. The fourth-order valence-electron chi connectivity index (χ4n) is 1.92. The standard InChI is InChI=1S/C15H25N/c1-12(2)8-10-15(16)11-9-14-7-5-4-6-13(14)3/h4-7,12,15H,8-11,16H2,1-3H3. The van der Waals surface area contributed by atoms with Crippen LogP contribution in [0.3, 0.4) is 0 Å². The first-order chi connectivity index (χ1) is 7.59. The van der Waals surface area contributed by atoms with E-state index in [2.05, 4.69) is 45.0 Å². The van der Waals surface area contributed by atoms with Gasteiger partial charge in [-0.15, -0.1) is 0 Å². The molecule has 1 aromatic carbocycles. The van der Waals surface area contributed by atoms with E-state index in [1.54, 1.807) is 0 Å². The van der Waals surface area contributed by atoms with Crippen LogP contribution in [-0.4, -0.2) is 6.04 Å². The van der Waals surface area contributed by atoms with E-state index in [1.807, 2.05) is 0 Å². The van der Waals surface area contributed by atoms with Crippen molar-refractivity contribution in [3.05, 3.63) is 35.4 Å². The fourth-order valence-corrected chi connectivity index (χ4v) is 1.92. The van der Waals surface area contributed by atoms with Crippen molar-refractivity contribution in [1.29, 1.82) is 0 Å². The molecule has 0 aliphatic rings. The third kappa shape index (κ3) is 4.80. The quantitative estimate of drug-likeness (QED) is 0.776. The first-order valence-corrected chi connectivity index (χ1v) is 6.39. The van der Waals surface area contributed by atoms with Gasteiger partial charge in [-0.25, -0.2) is 0 Å². The van der Waals surface area contributed by atoms with Gasteiger partial charge in [0, 0.05) is 6.04 Å². The van der Waals surface area contributed by atoms with Gasteiger partial charge in [-0.2, -0.15) is 0 Å². The van der Waals surface area contributed by atoms with Crippen molar-refractivity contribution in [2.45, 2.75) is 52.5 Å². The molecule has 0 saturated heterocycles. The van der Waals surface area contributed by atoms with Crippen LogP contribution in [0.1, 0.15) is 44.2 Å². The predicted octanol–water partition coefficient (Wildman–Crippen LogP) is 3.69. The van der Waals surface area contributed by atoms with Gasteiger partial charge in [0.15, 0.2) is 0 Å². The number of benzene rings is 1. The minimum atomic E-state index is 0.363. The molecule has 16 heavy (non-hydrogen) atoms. The van der Waals surface area contributed by atoms with Crippen molar-refractivity contribution in [2.75, 3.05) is 0 Å². The Hall–Kier alpha value is -0.820. The molecule has 0 radical (unpaired) electrons. The van der Waals surface area contributed by atoms with Gasteiger partial charge in [-0.1, -0.05) is 38.1 Å². The molecule has 0 aromatic heterocycles. The lowest BCUT2D eigenvalue weighted by Gasteiger charge is -2.13. The largest absolute Gasteiger partial charge is 0.328 e. The van der Waals surface area contributed by atoms with Crippen molar-refractivity contribution in [3.8, 4) is 0 Å². The predicted molar refractivity (Wildman–Crippen MR) is 71.5 cm³/mol. The lowest BCUT2D eigenvalue weighted by molar-refractivity contribution is 0.478.